The van der Waals surface area contributed by atoms with Gasteiger partial charge in [-0.05, 0) is 24.3 Å². The molecule has 2 aromatic carbocycles. The van der Waals surface area contributed by atoms with Gasteiger partial charge in [0.2, 0.25) is 5.91 Å². The number of ether oxygens (including phenoxy) is 2. The number of amides is 1. The molecule has 3 aromatic rings. The number of carbonyl (C=O) groups is 1. The van der Waals surface area contributed by atoms with Crippen LogP contribution in [0, 0.1) is 0 Å². The second-order valence-electron chi connectivity index (χ2n) is 6.33. The summed E-state index contributed by atoms with van der Waals surface area (Å²) >= 11 is 5.93. The number of carbonyl (C=O) groups excluding carboxylic acids is 1. The van der Waals surface area contributed by atoms with Gasteiger partial charge in [-0.2, -0.15) is 0 Å². The number of fused-ring (bicyclic) bond motifs is 1. The van der Waals surface area contributed by atoms with Gasteiger partial charge in [0.25, 0.3) is 5.56 Å². The van der Waals surface area contributed by atoms with Gasteiger partial charge >= 0.3 is 5.69 Å². The topological polar surface area (TPSA) is 112 Å². The fourth-order valence-electron chi connectivity index (χ4n) is 3.10. The molecule has 0 bridgehead atoms. The fourth-order valence-corrected chi connectivity index (χ4v) is 3.29. The van der Waals surface area contributed by atoms with Gasteiger partial charge in [-0.1, -0.05) is 17.7 Å². The Morgan fingerprint density at radius 2 is 1.80 bits per heavy atom. The van der Waals surface area contributed by atoms with Crippen LogP contribution in [0.15, 0.2) is 46.0 Å². The first-order valence-corrected chi connectivity index (χ1v) is 9.33. The van der Waals surface area contributed by atoms with Gasteiger partial charge in [0.05, 0.1) is 38.3 Å². The molecule has 0 spiro atoms. The van der Waals surface area contributed by atoms with Crippen molar-refractivity contribution in [1.82, 2.24) is 9.13 Å². The van der Waals surface area contributed by atoms with Crippen molar-refractivity contribution in [3.63, 3.8) is 0 Å². The van der Waals surface area contributed by atoms with E-state index in [1.165, 1.54) is 26.4 Å². The Hall–Kier alpha value is -3.30. The average Bonchev–Trinajstić information content (AvgIpc) is 2.73. The van der Waals surface area contributed by atoms with Crippen molar-refractivity contribution in [1.29, 1.82) is 0 Å². The Kier molecular flexibility index (Phi) is 6.43. The van der Waals surface area contributed by atoms with Crippen molar-refractivity contribution in [2.45, 2.75) is 13.1 Å². The number of halogens is 1. The van der Waals surface area contributed by atoms with Crippen molar-refractivity contribution in [2.24, 2.45) is 0 Å². The van der Waals surface area contributed by atoms with Crippen LogP contribution in [-0.4, -0.2) is 41.0 Å². The zero-order chi connectivity index (χ0) is 21.8. The number of aliphatic hydroxyl groups is 1. The van der Waals surface area contributed by atoms with E-state index in [0.29, 0.717) is 22.2 Å². The average molecular weight is 434 g/mol. The zero-order valence-corrected chi connectivity index (χ0v) is 17.1. The van der Waals surface area contributed by atoms with E-state index in [9.17, 15) is 19.5 Å². The Balaban J connectivity index is 2.14. The monoisotopic (exact) mass is 433 g/mol. The number of benzene rings is 2. The van der Waals surface area contributed by atoms with E-state index in [1.54, 1.807) is 24.3 Å². The van der Waals surface area contributed by atoms with Crippen LogP contribution >= 0.6 is 11.6 Å². The van der Waals surface area contributed by atoms with Crippen LogP contribution in [-0.2, 0) is 17.9 Å². The van der Waals surface area contributed by atoms with Gasteiger partial charge in [-0.15, -0.1) is 0 Å². The van der Waals surface area contributed by atoms with Crippen LogP contribution in [0.2, 0.25) is 5.02 Å². The molecule has 0 atom stereocenters. The first kappa shape index (κ1) is 21.4. The normalized spacial score (nSPS) is 10.8. The van der Waals surface area contributed by atoms with Crippen molar-refractivity contribution >= 4 is 34.1 Å². The standard InChI is InChI=1S/C20H20ClN3O6/c1-29-16-9-14-15(10-17(16)30-2)24(20(28)23(6-7-25)19(14)27)11-18(26)22-13-5-3-4-12(21)8-13/h3-5,8-10,25H,6-7,11H2,1-2H3,(H,22,26). The predicted molar refractivity (Wildman–Crippen MR) is 113 cm³/mol. The molecule has 0 aliphatic heterocycles. The van der Waals surface area contributed by atoms with E-state index in [4.69, 9.17) is 21.1 Å². The van der Waals surface area contributed by atoms with Gasteiger partial charge in [-0.3, -0.25) is 18.7 Å². The van der Waals surface area contributed by atoms with Crippen LogP contribution in [0.3, 0.4) is 0 Å². The van der Waals surface area contributed by atoms with E-state index in [1.807, 2.05) is 0 Å². The molecule has 1 amide bonds. The second-order valence-corrected chi connectivity index (χ2v) is 6.77. The highest BCUT2D eigenvalue weighted by Gasteiger charge is 2.18. The number of hydrogen-bond donors (Lipinski definition) is 2. The summed E-state index contributed by atoms with van der Waals surface area (Å²) in [6, 6.07) is 9.48. The van der Waals surface area contributed by atoms with E-state index in [2.05, 4.69) is 5.32 Å². The number of rotatable bonds is 7. The van der Waals surface area contributed by atoms with Crippen LogP contribution in [0.5, 0.6) is 11.5 Å². The highest BCUT2D eigenvalue weighted by Crippen LogP contribution is 2.30. The molecule has 0 saturated heterocycles. The number of aromatic nitrogens is 2. The number of hydrogen-bond acceptors (Lipinski definition) is 6. The summed E-state index contributed by atoms with van der Waals surface area (Å²) in [7, 11) is 2.84. The molecule has 0 saturated carbocycles. The smallest absolute Gasteiger partial charge is 0.332 e. The molecule has 0 radical (unpaired) electrons. The second kappa shape index (κ2) is 9.02. The molecule has 10 heteroatoms. The molecule has 0 aliphatic rings. The van der Waals surface area contributed by atoms with Gasteiger partial charge in [0.15, 0.2) is 11.5 Å². The van der Waals surface area contributed by atoms with Crippen molar-refractivity contribution < 1.29 is 19.4 Å². The lowest BCUT2D eigenvalue weighted by atomic mass is 10.2. The molecule has 0 unspecified atom stereocenters. The predicted octanol–water partition coefficient (Wildman–Crippen LogP) is 1.46. The maximum Gasteiger partial charge on any atom is 0.332 e. The van der Waals surface area contributed by atoms with Crippen LogP contribution < -0.4 is 26.0 Å². The molecule has 30 heavy (non-hydrogen) atoms. The van der Waals surface area contributed by atoms with Gasteiger partial charge in [0, 0.05) is 16.8 Å². The first-order valence-electron chi connectivity index (χ1n) is 8.95. The summed E-state index contributed by atoms with van der Waals surface area (Å²) in [5, 5.41) is 12.5. The lowest BCUT2D eigenvalue weighted by Gasteiger charge is -2.16. The van der Waals surface area contributed by atoms with Gasteiger partial charge < -0.3 is 19.9 Å². The van der Waals surface area contributed by atoms with Crippen LogP contribution in [0.4, 0.5) is 5.69 Å². The Morgan fingerprint density at radius 3 is 2.43 bits per heavy atom. The van der Waals surface area contributed by atoms with Crippen LogP contribution in [0.1, 0.15) is 0 Å². The molecular formula is C20H20ClN3O6. The summed E-state index contributed by atoms with van der Waals surface area (Å²) in [4.78, 5) is 38.3. The van der Waals surface area contributed by atoms with E-state index in [-0.39, 0.29) is 24.0 Å². The summed E-state index contributed by atoms with van der Waals surface area (Å²) in [6.07, 6.45) is 0. The Bertz CT molecular complexity index is 1220. The third kappa shape index (κ3) is 4.17. The highest BCUT2D eigenvalue weighted by atomic mass is 35.5. The third-order valence-electron chi connectivity index (χ3n) is 4.46. The minimum atomic E-state index is -0.727. The van der Waals surface area contributed by atoms with Crippen molar-refractivity contribution in [3.8, 4) is 11.5 Å². The highest BCUT2D eigenvalue weighted by molar-refractivity contribution is 6.30. The molecular weight excluding hydrogens is 414 g/mol. The minimum Gasteiger partial charge on any atom is -0.493 e. The summed E-state index contributed by atoms with van der Waals surface area (Å²) in [5.41, 5.74) is -0.655. The minimum absolute atomic E-state index is 0.149. The number of anilines is 1. The molecule has 9 nitrogen and oxygen atoms in total. The fraction of sp³-hybridized carbons (Fsp3) is 0.250. The van der Waals surface area contributed by atoms with E-state index < -0.39 is 23.8 Å². The Labute approximate surface area is 176 Å². The quantitative estimate of drug-likeness (QED) is 0.583. The SMILES string of the molecule is COc1cc2c(=O)n(CCO)c(=O)n(CC(=O)Nc3cccc(Cl)c3)c2cc1OC. The number of nitrogens with one attached hydrogen (secondary N) is 1. The molecule has 2 N–H and O–H groups in total. The van der Waals surface area contributed by atoms with Gasteiger partial charge in [-0.25, -0.2) is 4.79 Å². The maximum absolute atomic E-state index is 12.9. The van der Waals surface area contributed by atoms with E-state index in [0.717, 1.165) is 9.13 Å². The molecule has 1 heterocycles. The number of methoxy groups -OCH3 is 2. The first-order chi connectivity index (χ1) is 14.4. The molecule has 158 valence electrons. The molecule has 3 rings (SSSR count). The summed E-state index contributed by atoms with van der Waals surface area (Å²) < 4.78 is 12.5. The summed E-state index contributed by atoms with van der Waals surface area (Å²) in [5.74, 6) is 0.101. The summed E-state index contributed by atoms with van der Waals surface area (Å²) in [6.45, 7) is -0.996. The molecule has 0 aliphatic carbocycles. The van der Waals surface area contributed by atoms with Gasteiger partial charge in [0.1, 0.15) is 6.54 Å². The van der Waals surface area contributed by atoms with Crippen LogP contribution in [0.25, 0.3) is 10.9 Å². The van der Waals surface area contributed by atoms with Crippen molar-refractivity contribution in [2.75, 3.05) is 26.1 Å². The largest absolute Gasteiger partial charge is 0.493 e. The lowest BCUT2D eigenvalue weighted by Crippen LogP contribution is -2.42. The molecule has 1 aromatic heterocycles. The lowest BCUT2D eigenvalue weighted by molar-refractivity contribution is -0.116. The third-order valence-corrected chi connectivity index (χ3v) is 4.70. The van der Waals surface area contributed by atoms with Crippen molar-refractivity contribution in [3.05, 3.63) is 62.3 Å². The number of aliphatic hydroxyl groups excluding tert-OH is 1. The maximum atomic E-state index is 12.9. The number of nitrogens with zero attached hydrogens (tertiary/aromatic N) is 2. The van der Waals surface area contributed by atoms with E-state index >= 15 is 0 Å². The molecule has 0 fully saturated rings. The zero-order valence-electron chi connectivity index (χ0n) is 16.3. The Morgan fingerprint density at radius 1 is 1.10 bits per heavy atom.